The molecule has 0 aliphatic heterocycles. The number of amides is 2. The predicted octanol–water partition coefficient (Wildman–Crippen LogP) is 3.64. The van der Waals surface area contributed by atoms with Crippen molar-refractivity contribution in [3.8, 4) is 5.75 Å². The molecule has 0 radical (unpaired) electrons. The summed E-state index contributed by atoms with van der Waals surface area (Å²) in [7, 11) is 1.45. The van der Waals surface area contributed by atoms with Gasteiger partial charge in [-0.3, -0.25) is 0 Å². The van der Waals surface area contributed by atoms with E-state index in [1.807, 2.05) is 37.3 Å². The van der Waals surface area contributed by atoms with Gasteiger partial charge in [0.1, 0.15) is 11.6 Å². The summed E-state index contributed by atoms with van der Waals surface area (Å²) in [5.74, 6) is -0.107. The zero-order chi connectivity index (χ0) is 18.2. The third-order valence-electron chi connectivity index (χ3n) is 3.81. The number of carbonyl (C=O) groups is 1. The molecule has 2 aromatic carbocycles. The Morgan fingerprint density at radius 1 is 1.28 bits per heavy atom. The molecule has 0 fully saturated rings. The first-order chi connectivity index (χ1) is 12.0. The Morgan fingerprint density at radius 2 is 2.00 bits per heavy atom. The van der Waals surface area contributed by atoms with Gasteiger partial charge >= 0.3 is 6.03 Å². The summed E-state index contributed by atoms with van der Waals surface area (Å²) >= 11 is 0. The van der Waals surface area contributed by atoms with Gasteiger partial charge in [0, 0.05) is 19.2 Å². The third kappa shape index (κ3) is 5.46. The number of halogens is 1. The Kier molecular flexibility index (Phi) is 6.77. The number of hydrogen-bond acceptors (Lipinski definition) is 3. The number of nitrogens with one attached hydrogen (secondary N) is 1. The van der Waals surface area contributed by atoms with Crippen molar-refractivity contribution in [3.05, 3.63) is 59.9 Å². The summed E-state index contributed by atoms with van der Waals surface area (Å²) < 4.78 is 18.6. The zero-order valence-corrected chi connectivity index (χ0v) is 14.4. The predicted molar refractivity (Wildman–Crippen MR) is 95.1 cm³/mol. The van der Waals surface area contributed by atoms with E-state index in [1.165, 1.54) is 30.2 Å². The second kappa shape index (κ2) is 9.03. The van der Waals surface area contributed by atoms with Crippen LogP contribution in [0.4, 0.5) is 14.9 Å². The molecule has 0 heterocycles. The number of rotatable bonds is 7. The highest BCUT2D eigenvalue weighted by Crippen LogP contribution is 2.25. The van der Waals surface area contributed by atoms with Gasteiger partial charge in [0.05, 0.1) is 18.9 Å². The number of ether oxygens (including phenoxy) is 1. The van der Waals surface area contributed by atoms with E-state index in [1.54, 1.807) is 0 Å². The minimum absolute atomic E-state index is 0.175. The summed E-state index contributed by atoms with van der Waals surface area (Å²) in [5, 5.41) is 12.6. The van der Waals surface area contributed by atoms with E-state index in [4.69, 9.17) is 4.74 Å². The van der Waals surface area contributed by atoms with E-state index >= 15 is 0 Å². The molecular weight excluding hydrogens is 323 g/mol. The Morgan fingerprint density at radius 3 is 2.64 bits per heavy atom. The smallest absolute Gasteiger partial charge is 0.322 e. The number of benzene rings is 2. The molecule has 25 heavy (non-hydrogen) atoms. The van der Waals surface area contributed by atoms with Crippen molar-refractivity contribution in [2.75, 3.05) is 19.0 Å². The van der Waals surface area contributed by atoms with Crippen LogP contribution in [0.3, 0.4) is 0 Å². The molecule has 0 spiro atoms. The number of anilines is 1. The topological polar surface area (TPSA) is 61.8 Å². The summed E-state index contributed by atoms with van der Waals surface area (Å²) in [5.41, 5.74) is 1.18. The number of hydrogen-bond donors (Lipinski definition) is 2. The number of aliphatic hydroxyl groups excluding tert-OH is 1. The number of carbonyl (C=O) groups excluding carboxylic acids is 1. The van der Waals surface area contributed by atoms with E-state index in [2.05, 4.69) is 5.32 Å². The second-order valence-electron chi connectivity index (χ2n) is 5.70. The fourth-order valence-electron chi connectivity index (χ4n) is 2.38. The maximum absolute atomic E-state index is 13.5. The molecule has 134 valence electrons. The van der Waals surface area contributed by atoms with Crippen LogP contribution >= 0.6 is 0 Å². The molecule has 0 aromatic heterocycles. The molecule has 2 aromatic rings. The highest BCUT2D eigenvalue weighted by molar-refractivity contribution is 5.91. The lowest BCUT2D eigenvalue weighted by Crippen LogP contribution is -2.39. The average Bonchev–Trinajstić information content (AvgIpc) is 2.62. The van der Waals surface area contributed by atoms with Crippen LogP contribution in [0.1, 0.15) is 18.9 Å². The first kappa shape index (κ1) is 18.7. The van der Waals surface area contributed by atoms with Crippen LogP contribution < -0.4 is 10.1 Å². The number of urea groups is 1. The van der Waals surface area contributed by atoms with E-state index in [-0.39, 0.29) is 12.2 Å². The number of aliphatic hydroxyl groups is 1. The monoisotopic (exact) mass is 346 g/mol. The molecule has 2 rings (SSSR count). The van der Waals surface area contributed by atoms with Crippen LogP contribution in [-0.4, -0.2) is 35.8 Å². The van der Waals surface area contributed by atoms with Gasteiger partial charge in [0.15, 0.2) is 0 Å². The normalized spacial score (nSPS) is 11.7. The molecule has 6 heteroatoms. The van der Waals surface area contributed by atoms with E-state index in [0.717, 1.165) is 5.56 Å². The Labute approximate surface area is 147 Å². The standard InChI is InChI=1S/C19H23FN2O3/c1-3-16(23)13-22(12-14-7-5-4-6-8-14)19(24)21-17-11-15(20)9-10-18(17)25-2/h4-11,16,23H,3,12-13H2,1-2H3,(H,21,24). The average molecular weight is 346 g/mol. The summed E-state index contributed by atoms with van der Waals surface area (Å²) in [4.78, 5) is 14.2. The molecule has 2 amide bonds. The molecule has 0 saturated heterocycles. The zero-order valence-electron chi connectivity index (χ0n) is 14.4. The largest absolute Gasteiger partial charge is 0.495 e. The van der Waals surface area contributed by atoms with Crippen LogP contribution in [0.5, 0.6) is 5.75 Å². The lowest BCUT2D eigenvalue weighted by Gasteiger charge is -2.26. The van der Waals surface area contributed by atoms with Gasteiger partial charge in [-0.2, -0.15) is 0 Å². The SMILES string of the molecule is CCC(O)CN(Cc1ccccc1)C(=O)Nc1cc(F)ccc1OC. The fourth-order valence-corrected chi connectivity index (χ4v) is 2.38. The first-order valence-electron chi connectivity index (χ1n) is 8.15. The van der Waals surface area contributed by atoms with Crippen LogP contribution in [0, 0.1) is 5.82 Å². The van der Waals surface area contributed by atoms with Gasteiger partial charge in [-0.05, 0) is 24.1 Å². The van der Waals surface area contributed by atoms with Crippen LogP contribution in [-0.2, 0) is 6.54 Å². The summed E-state index contributed by atoms with van der Waals surface area (Å²) in [6.45, 7) is 2.36. The second-order valence-corrected chi connectivity index (χ2v) is 5.70. The van der Waals surface area contributed by atoms with Gasteiger partial charge < -0.3 is 20.1 Å². The Bertz CT molecular complexity index is 694. The van der Waals surface area contributed by atoms with Crippen LogP contribution in [0.2, 0.25) is 0 Å². The molecule has 0 aliphatic carbocycles. The Hall–Kier alpha value is -2.60. The van der Waals surface area contributed by atoms with Gasteiger partial charge in [-0.1, -0.05) is 37.3 Å². The molecule has 1 unspecified atom stereocenters. The quantitative estimate of drug-likeness (QED) is 0.805. The molecule has 5 nitrogen and oxygen atoms in total. The van der Waals surface area contributed by atoms with Gasteiger partial charge in [-0.25, -0.2) is 9.18 Å². The minimum atomic E-state index is -0.635. The first-order valence-corrected chi connectivity index (χ1v) is 8.15. The van der Waals surface area contributed by atoms with Crippen molar-refractivity contribution in [2.45, 2.75) is 26.0 Å². The van der Waals surface area contributed by atoms with Crippen molar-refractivity contribution in [1.29, 1.82) is 0 Å². The molecule has 2 N–H and O–H groups in total. The minimum Gasteiger partial charge on any atom is -0.495 e. The summed E-state index contributed by atoms with van der Waals surface area (Å²) in [6, 6.07) is 13.0. The third-order valence-corrected chi connectivity index (χ3v) is 3.81. The van der Waals surface area contributed by atoms with Crippen LogP contribution in [0.25, 0.3) is 0 Å². The maximum atomic E-state index is 13.5. The van der Waals surface area contributed by atoms with Crippen molar-refractivity contribution in [2.24, 2.45) is 0 Å². The van der Waals surface area contributed by atoms with Gasteiger partial charge in [-0.15, -0.1) is 0 Å². The molecule has 1 atom stereocenters. The fraction of sp³-hybridized carbons (Fsp3) is 0.316. The van der Waals surface area contributed by atoms with Crippen molar-refractivity contribution < 1.29 is 19.0 Å². The van der Waals surface area contributed by atoms with E-state index in [9.17, 15) is 14.3 Å². The highest BCUT2D eigenvalue weighted by Gasteiger charge is 2.19. The number of nitrogens with zero attached hydrogens (tertiary/aromatic N) is 1. The van der Waals surface area contributed by atoms with Crippen molar-refractivity contribution in [1.82, 2.24) is 4.90 Å². The van der Waals surface area contributed by atoms with Crippen molar-refractivity contribution in [3.63, 3.8) is 0 Å². The molecule has 0 bridgehead atoms. The maximum Gasteiger partial charge on any atom is 0.322 e. The van der Waals surface area contributed by atoms with Crippen molar-refractivity contribution >= 4 is 11.7 Å². The number of methoxy groups -OCH3 is 1. The lowest BCUT2D eigenvalue weighted by atomic mass is 10.2. The molecule has 0 saturated carbocycles. The van der Waals surface area contributed by atoms with Gasteiger partial charge in [0.2, 0.25) is 0 Å². The van der Waals surface area contributed by atoms with E-state index < -0.39 is 18.0 Å². The highest BCUT2D eigenvalue weighted by atomic mass is 19.1. The lowest BCUT2D eigenvalue weighted by molar-refractivity contribution is 0.119. The molecular formula is C19H23FN2O3. The van der Waals surface area contributed by atoms with Crippen LogP contribution in [0.15, 0.2) is 48.5 Å². The molecule has 0 aliphatic rings. The van der Waals surface area contributed by atoms with E-state index in [0.29, 0.717) is 18.7 Å². The van der Waals surface area contributed by atoms with Gasteiger partial charge in [0.25, 0.3) is 0 Å². The summed E-state index contributed by atoms with van der Waals surface area (Å²) in [6.07, 6.45) is -0.106. The Balaban J connectivity index is 2.18.